The topological polar surface area (TPSA) is 43.4 Å². The fourth-order valence-corrected chi connectivity index (χ4v) is 0.912. The van der Waals surface area contributed by atoms with Crippen LogP contribution in [0.25, 0.3) is 0 Å². The maximum absolute atomic E-state index is 10.5. The van der Waals surface area contributed by atoms with Crippen LogP contribution < -0.4 is 0 Å². The summed E-state index contributed by atoms with van der Waals surface area (Å²) >= 11 is 3.05. The highest BCUT2D eigenvalue weighted by Crippen LogP contribution is 2.15. The molecule has 0 amide bonds. The van der Waals surface area contributed by atoms with Crippen LogP contribution in [0.3, 0.4) is 0 Å². The quantitative estimate of drug-likeness (QED) is 0.321. The Hall–Kier alpha value is -0.380. The standard InChI is InChI=1S/C5H5BrO3/c6-3-1-2-4(7)9-5(3)8/h3H,1-2H2. The molecule has 0 aromatic carbocycles. The number of halogens is 1. The van der Waals surface area contributed by atoms with E-state index in [1.165, 1.54) is 0 Å². The van der Waals surface area contributed by atoms with Crippen molar-refractivity contribution in [1.82, 2.24) is 0 Å². The fraction of sp³-hybridized carbons (Fsp3) is 0.600. The molecule has 0 bridgehead atoms. The Morgan fingerprint density at radius 2 is 2.22 bits per heavy atom. The summed E-state index contributed by atoms with van der Waals surface area (Å²) in [4.78, 5) is 20.6. The number of rotatable bonds is 0. The van der Waals surface area contributed by atoms with Crippen LogP contribution in [0.2, 0.25) is 0 Å². The van der Waals surface area contributed by atoms with Crippen LogP contribution >= 0.6 is 15.9 Å². The second-order valence-electron chi connectivity index (χ2n) is 1.80. The van der Waals surface area contributed by atoms with Crippen molar-refractivity contribution in [2.45, 2.75) is 17.7 Å². The zero-order valence-electron chi connectivity index (χ0n) is 4.59. The third-order valence-corrected chi connectivity index (χ3v) is 1.90. The van der Waals surface area contributed by atoms with Crippen molar-refractivity contribution in [3.05, 3.63) is 0 Å². The molecule has 1 saturated heterocycles. The van der Waals surface area contributed by atoms with Gasteiger partial charge in [0.05, 0.1) is 0 Å². The monoisotopic (exact) mass is 192 g/mol. The molecule has 4 heteroatoms. The predicted molar refractivity (Wildman–Crippen MR) is 33.0 cm³/mol. The Morgan fingerprint density at radius 3 is 2.67 bits per heavy atom. The molecule has 1 atom stereocenters. The van der Waals surface area contributed by atoms with Gasteiger partial charge in [-0.1, -0.05) is 15.9 Å². The van der Waals surface area contributed by atoms with Gasteiger partial charge in [0, 0.05) is 6.42 Å². The minimum absolute atomic E-state index is 0.282. The summed E-state index contributed by atoms with van der Waals surface area (Å²) in [5, 5.41) is 0. The van der Waals surface area contributed by atoms with Gasteiger partial charge in [0.1, 0.15) is 4.83 Å². The van der Waals surface area contributed by atoms with Gasteiger partial charge in [-0.2, -0.15) is 0 Å². The van der Waals surface area contributed by atoms with E-state index in [0.29, 0.717) is 12.8 Å². The second-order valence-corrected chi connectivity index (χ2v) is 2.90. The molecule has 0 aromatic rings. The molecule has 1 fully saturated rings. The highest BCUT2D eigenvalue weighted by atomic mass is 79.9. The van der Waals surface area contributed by atoms with Crippen LogP contribution in [0.1, 0.15) is 12.8 Å². The van der Waals surface area contributed by atoms with Crippen LogP contribution in [0.5, 0.6) is 0 Å². The van der Waals surface area contributed by atoms with E-state index in [1.54, 1.807) is 0 Å². The number of esters is 2. The summed E-state index contributed by atoms with van der Waals surface area (Å²) in [7, 11) is 0. The summed E-state index contributed by atoms with van der Waals surface area (Å²) < 4.78 is 4.27. The van der Waals surface area contributed by atoms with E-state index >= 15 is 0 Å². The van der Waals surface area contributed by atoms with Crippen LogP contribution in [-0.4, -0.2) is 16.8 Å². The smallest absolute Gasteiger partial charge is 0.327 e. The Labute approximate surface area is 60.5 Å². The van der Waals surface area contributed by atoms with E-state index < -0.39 is 11.9 Å². The number of alkyl halides is 1. The minimum Gasteiger partial charge on any atom is -0.392 e. The van der Waals surface area contributed by atoms with Crippen molar-refractivity contribution in [1.29, 1.82) is 0 Å². The molecular formula is C5H5BrO3. The highest BCUT2D eigenvalue weighted by Gasteiger charge is 2.25. The van der Waals surface area contributed by atoms with Gasteiger partial charge in [-0.3, -0.25) is 9.59 Å². The Morgan fingerprint density at radius 1 is 1.56 bits per heavy atom. The van der Waals surface area contributed by atoms with Crippen molar-refractivity contribution in [3.63, 3.8) is 0 Å². The average molecular weight is 193 g/mol. The van der Waals surface area contributed by atoms with Gasteiger partial charge in [0.15, 0.2) is 0 Å². The first-order valence-electron chi connectivity index (χ1n) is 2.59. The predicted octanol–water partition coefficient (Wildman–Crippen LogP) is 0.613. The number of carbonyl (C=O) groups excluding carboxylic acids is 2. The first-order chi connectivity index (χ1) is 4.20. The Balaban J connectivity index is 2.54. The van der Waals surface area contributed by atoms with E-state index in [4.69, 9.17) is 0 Å². The number of ether oxygens (including phenoxy) is 1. The Kier molecular flexibility index (Phi) is 1.85. The molecule has 0 radical (unpaired) electrons. The molecule has 1 rings (SSSR count). The maximum Gasteiger partial charge on any atom is 0.327 e. The molecule has 0 saturated carbocycles. The molecule has 50 valence electrons. The molecule has 0 aliphatic carbocycles. The van der Waals surface area contributed by atoms with Gasteiger partial charge >= 0.3 is 11.9 Å². The van der Waals surface area contributed by atoms with Gasteiger partial charge in [-0.15, -0.1) is 0 Å². The van der Waals surface area contributed by atoms with Crippen molar-refractivity contribution in [2.75, 3.05) is 0 Å². The van der Waals surface area contributed by atoms with Gasteiger partial charge in [-0.25, -0.2) is 0 Å². The molecule has 0 aromatic heterocycles. The zero-order chi connectivity index (χ0) is 6.85. The second kappa shape index (κ2) is 2.47. The summed E-state index contributed by atoms with van der Waals surface area (Å²) in [6.45, 7) is 0. The summed E-state index contributed by atoms with van der Waals surface area (Å²) in [5.41, 5.74) is 0. The van der Waals surface area contributed by atoms with Crippen LogP contribution in [0.15, 0.2) is 0 Å². The molecule has 1 unspecified atom stereocenters. The SMILES string of the molecule is O=C1CCC(Br)C(=O)O1. The number of carbonyl (C=O) groups is 2. The lowest BCUT2D eigenvalue weighted by Gasteiger charge is -2.12. The fourth-order valence-electron chi connectivity index (χ4n) is 0.590. The number of hydrogen-bond donors (Lipinski definition) is 0. The summed E-state index contributed by atoms with van der Waals surface area (Å²) in [5.74, 6) is -0.887. The van der Waals surface area contributed by atoms with E-state index in [9.17, 15) is 9.59 Å². The van der Waals surface area contributed by atoms with E-state index in [-0.39, 0.29) is 4.83 Å². The third-order valence-electron chi connectivity index (χ3n) is 1.07. The Bertz CT molecular complexity index is 154. The van der Waals surface area contributed by atoms with Crippen LogP contribution in [0, 0.1) is 0 Å². The lowest BCUT2D eigenvalue weighted by atomic mass is 10.2. The van der Waals surface area contributed by atoms with Crippen LogP contribution in [-0.2, 0) is 14.3 Å². The van der Waals surface area contributed by atoms with Crippen molar-refractivity contribution < 1.29 is 14.3 Å². The number of hydrogen-bond acceptors (Lipinski definition) is 3. The van der Waals surface area contributed by atoms with Crippen molar-refractivity contribution in [3.8, 4) is 0 Å². The summed E-state index contributed by atoms with van der Waals surface area (Å²) in [6, 6.07) is 0. The normalized spacial score (nSPS) is 27.9. The van der Waals surface area contributed by atoms with Crippen molar-refractivity contribution in [2.24, 2.45) is 0 Å². The molecule has 1 aliphatic rings. The molecule has 1 aliphatic heterocycles. The zero-order valence-corrected chi connectivity index (χ0v) is 6.18. The number of cyclic esters (lactones) is 2. The molecule has 3 nitrogen and oxygen atoms in total. The van der Waals surface area contributed by atoms with E-state index in [0.717, 1.165) is 0 Å². The molecule has 9 heavy (non-hydrogen) atoms. The first kappa shape index (κ1) is 6.74. The van der Waals surface area contributed by atoms with E-state index in [1.807, 2.05) is 0 Å². The van der Waals surface area contributed by atoms with E-state index in [2.05, 4.69) is 20.7 Å². The first-order valence-corrected chi connectivity index (χ1v) is 3.50. The molecule has 0 N–H and O–H groups in total. The third kappa shape index (κ3) is 1.51. The minimum atomic E-state index is -0.466. The van der Waals surface area contributed by atoms with Crippen LogP contribution in [0.4, 0.5) is 0 Å². The molecular weight excluding hydrogens is 188 g/mol. The maximum atomic E-state index is 10.5. The summed E-state index contributed by atoms with van der Waals surface area (Å²) in [6.07, 6.45) is 0.888. The largest absolute Gasteiger partial charge is 0.392 e. The highest BCUT2D eigenvalue weighted by molar-refractivity contribution is 9.10. The average Bonchev–Trinajstić information content (AvgIpc) is 1.80. The lowest BCUT2D eigenvalue weighted by Crippen LogP contribution is -2.27. The lowest BCUT2D eigenvalue weighted by molar-refractivity contribution is -0.162. The van der Waals surface area contributed by atoms with Gasteiger partial charge < -0.3 is 4.74 Å². The van der Waals surface area contributed by atoms with Gasteiger partial charge in [0.2, 0.25) is 0 Å². The molecule has 0 spiro atoms. The molecule has 1 heterocycles. The van der Waals surface area contributed by atoms with Crippen molar-refractivity contribution >= 4 is 27.9 Å². The van der Waals surface area contributed by atoms with Gasteiger partial charge in [-0.05, 0) is 6.42 Å². The van der Waals surface area contributed by atoms with Gasteiger partial charge in [0.25, 0.3) is 0 Å².